The van der Waals surface area contributed by atoms with Crippen LogP contribution in [0.15, 0.2) is 11.4 Å². The van der Waals surface area contributed by atoms with Crippen LogP contribution in [0.4, 0.5) is 0 Å². The molecule has 3 nitrogen and oxygen atoms in total. The van der Waals surface area contributed by atoms with E-state index in [1.165, 1.54) is 50.4 Å². The SMILES string of the molecule is NCC#Cc1csc(CN2CCN(CC3CC3)CC2)c1. The second-order valence-corrected chi connectivity index (χ2v) is 6.82. The maximum atomic E-state index is 5.40. The Labute approximate surface area is 125 Å². The van der Waals surface area contributed by atoms with Gasteiger partial charge in [0.2, 0.25) is 0 Å². The van der Waals surface area contributed by atoms with Gasteiger partial charge in [0.15, 0.2) is 0 Å². The number of nitrogens with two attached hydrogens (primary N) is 1. The van der Waals surface area contributed by atoms with Crippen LogP contribution in [0.1, 0.15) is 23.3 Å². The van der Waals surface area contributed by atoms with Crippen molar-refractivity contribution in [2.45, 2.75) is 19.4 Å². The van der Waals surface area contributed by atoms with Gasteiger partial charge in [-0.15, -0.1) is 11.3 Å². The predicted molar refractivity (Wildman–Crippen MR) is 84.7 cm³/mol. The third-order valence-corrected chi connectivity index (χ3v) is 4.97. The average Bonchev–Trinajstić information content (AvgIpc) is 3.17. The standard InChI is InChI=1S/C16H23N3S/c17-5-1-2-15-10-16(20-13-15)12-19-8-6-18(7-9-19)11-14-3-4-14/h10,13-14H,3-9,11-12,17H2. The molecule has 3 rings (SSSR count). The van der Waals surface area contributed by atoms with Crippen LogP contribution in [0.25, 0.3) is 0 Å². The molecule has 108 valence electrons. The summed E-state index contributed by atoms with van der Waals surface area (Å²) in [5.41, 5.74) is 6.52. The summed E-state index contributed by atoms with van der Waals surface area (Å²) in [6.45, 7) is 7.73. The summed E-state index contributed by atoms with van der Waals surface area (Å²) in [6.07, 6.45) is 2.92. The number of hydrogen-bond donors (Lipinski definition) is 1. The highest BCUT2D eigenvalue weighted by Crippen LogP contribution is 2.30. The van der Waals surface area contributed by atoms with Crippen LogP contribution in [-0.4, -0.2) is 49.1 Å². The molecule has 20 heavy (non-hydrogen) atoms. The van der Waals surface area contributed by atoms with Gasteiger partial charge >= 0.3 is 0 Å². The number of hydrogen-bond acceptors (Lipinski definition) is 4. The van der Waals surface area contributed by atoms with Gasteiger partial charge in [-0.3, -0.25) is 4.90 Å². The van der Waals surface area contributed by atoms with Crippen LogP contribution < -0.4 is 5.73 Å². The smallest absolute Gasteiger partial charge is 0.0555 e. The van der Waals surface area contributed by atoms with Crippen molar-refractivity contribution >= 4 is 11.3 Å². The highest BCUT2D eigenvalue weighted by atomic mass is 32.1. The van der Waals surface area contributed by atoms with Gasteiger partial charge in [0, 0.05) is 55.1 Å². The Morgan fingerprint density at radius 3 is 2.65 bits per heavy atom. The highest BCUT2D eigenvalue weighted by Gasteiger charge is 2.26. The van der Waals surface area contributed by atoms with Gasteiger partial charge in [-0.2, -0.15) is 0 Å². The summed E-state index contributed by atoms with van der Waals surface area (Å²) >= 11 is 1.82. The first kappa shape index (κ1) is 14.1. The van der Waals surface area contributed by atoms with E-state index in [4.69, 9.17) is 5.73 Å². The molecule has 1 aliphatic carbocycles. The van der Waals surface area contributed by atoms with Gasteiger partial charge in [-0.05, 0) is 24.8 Å². The molecule has 0 radical (unpaired) electrons. The van der Waals surface area contributed by atoms with E-state index >= 15 is 0 Å². The van der Waals surface area contributed by atoms with E-state index < -0.39 is 0 Å². The molecule has 2 aliphatic rings. The summed E-state index contributed by atoms with van der Waals surface area (Å²) in [5, 5.41) is 2.14. The van der Waals surface area contributed by atoms with Gasteiger partial charge < -0.3 is 10.6 Å². The largest absolute Gasteiger partial charge is 0.320 e. The molecule has 1 aromatic heterocycles. The maximum absolute atomic E-state index is 5.40. The van der Waals surface area contributed by atoms with Crippen molar-refractivity contribution in [1.29, 1.82) is 0 Å². The molecule has 1 aliphatic heterocycles. The minimum atomic E-state index is 0.439. The zero-order chi connectivity index (χ0) is 13.8. The molecule has 0 unspecified atom stereocenters. The third-order valence-electron chi connectivity index (χ3n) is 4.05. The molecule has 2 fully saturated rings. The van der Waals surface area contributed by atoms with E-state index in [2.05, 4.69) is 33.1 Å². The van der Waals surface area contributed by atoms with Crippen LogP contribution in [0.2, 0.25) is 0 Å². The first-order valence-corrected chi connectivity index (χ1v) is 8.42. The fourth-order valence-corrected chi connectivity index (χ4v) is 3.56. The molecule has 1 saturated heterocycles. The Hall–Kier alpha value is -0.860. The van der Waals surface area contributed by atoms with Crippen molar-refractivity contribution in [3.05, 3.63) is 21.9 Å². The van der Waals surface area contributed by atoms with E-state index in [0.717, 1.165) is 18.0 Å². The lowest BCUT2D eigenvalue weighted by Gasteiger charge is -2.34. The molecule has 0 aromatic carbocycles. The molecule has 2 N–H and O–H groups in total. The van der Waals surface area contributed by atoms with Crippen molar-refractivity contribution in [1.82, 2.24) is 9.80 Å². The molecule has 1 aromatic rings. The van der Waals surface area contributed by atoms with Crippen molar-refractivity contribution in [3.63, 3.8) is 0 Å². The van der Waals surface area contributed by atoms with Gasteiger partial charge in [0.05, 0.1) is 6.54 Å². The summed E-state index contributed by atoms with van der Waals surface area (Å²) in [4.78, 5) is 6.62. The molecule has 2 heterocycles. The Morgan fingerprint density at radius 2 is 1.95 bits per heavy atom. The monoisotopic (exact) mass is 289 g/mol. The Kier molecular flexibility index (Phi) is 4.74. The molecule has 0 amide bonds. The molecule has 0 atom stereocenters. The zero-order valence-electron chi connectivity index (χ0n) is 12.0. The van der Waals surface area contributed by atoms with E-state index in [-0.39, 0.29) is 0 Å². The molecular formula is C16H23N3S. The third kappa shape index (κ3) is 4.07. The van der Waals surface area contributed by atoms with E-state index in [9.17, 15) is 0 Å². The van der Waals surface area contributed by atoms with Crippen LogP contribution in [0, 0.1) is 17.8 Å². The van der Waals surface area contributed by atoms with Gasteiger partial charge in [-0.1, -0.05) is 11.8 Å². The van der Waals surface area contributed by atoms with E-state index in [1.807, 2.05) is 11.3 Å². The summed E-state index contributed by atoms with van der Waals surface area (Å²) in [7, 11) is 0. The minimum Gasteiger partial charge on any atom is -0.320 e. The highest BCUT2D eigenvalue weighted by molar-refractivity contribution is 7.10. The fraction of sp³-hybridized carbons (Fsp3) is 0.625. The molecule has 4 heteroatoms. The lowest BCUT2D eigenvalue weighted by molar-refractivity contribution is 0.124. The topological polar surface area (TPSA) is 32.5 Å². The number of thiophene rings is 1. The number of rotatable bonds is 4. The Bertz CT molecular complexity index is 487. The molecule has 0 bridgehead atoms. The van der Waals surface area contributed by atoms with E-state index in [0.29, 0.717) is 6.54 Å². The van der Waals surface area contributed by atoms with Gasteiger partial charge in [0.1, 0.15) is 0 Å². The normalized spacial score (nSPS) is 20.6. The maximum Gasteiger partial charge on any atom is 0.0555 e. The lowest BCUT2D eigenvalue weighted by atomic mass is 10.2. The fourth-order valence-electron chi connectivity index (χ4n) is 2.70. The second kappa shape index (κ2) is 6.73. The van der Waals surface area contributed by atoms with Crippen LogP contribution >= 0.6 is 11.3 Å². The van der Waals surface area contributed by atoms with Crippen molar-refractivity contribution in [3.8, 4) is 11.8 Å². The summed E-state index contributed by atoms with van der Waals surface area (Å²) in [5.74, 6) is 7.04. The molecular weight excluding hydrogens is 266 g/mol. The number of piperazine rings is 1. The molecule has 0 spiro atoms. The zero-order valence-corrected chi connectivity index (χ0v) is 12.8. The Balaban J connectivity index is 1.45. The first-order chi connectivity index (χ1) is 9.83. The van der Waals surface area contributed by atoms with E-state index in [1.54, 1.807) is 0 Å². The predicted octanol–water partition coefficient (Wildman–Crippen LogP) is 1.59. The van der Waals surface area contributed by atoms with Crippen LogP contribution in [-0.2, 0) is 6.54 Å². The first-order valence-electron chi connectivity index (χ1n) is 7.54. The lowest BCUT2D eigenvalue weighted by Crippen LogP contribution is -2.46. The second-order valence-electron chi connectivity index (χ2n) is 5.83. The van der Waals surface area contributed by atoms with Gasteiger partial charge in [-0.25, -0.2) is 0 Å². The average molecular weight is 289 g/mol. The Morgan fingerprint density at radius 1 is 1.20 bits per heavy atom. The summed E-state index contributed by atoms with van der Waals surface area (Å²) < 4.78 is 0. The van der Waals surface area contributed by atoms with Crippen molar-refractivity contribution < 1.29 is 0 Å². The molecule has 1 saturated carbocycles. The summed E-state index contributed by atoms with van der Waals surface area (Å²) in [6, 6.07) is 2.21. The van der Waals surface area contributed by atoms with Crippen LogP contribution in [0.3, 0.4) is 0 Å². The van der Waals surface area contributed by atoms with Crippen molar-refractivity contribution in [2.24, 2.45) is 11.7 Å². The number of nitrogens with zero attached hydrogens (tertiary/aromatic N) is 2. The van der Waals surface area contributed by atoms with Crippen molar-refractivity contribution in [2.75, 3.05) is 39.3 Å². The quantitative estimate of drug-likeness (QED) is 0.854. The van der Waals surface area contributed by atoms with Gasteiger partial charge in [0.25, 0.3) is 0 Å². The minimum absolute atomic E-state index is 0.439. The van der Waals surface area contributed by atoms with Crippen LogP contribution in [0.5, 0.6) is 0 Å².